The zero-order chi connectivity index (χ0) is 14.8. The number of rotatable bonds is 3. The summed E-state index contributed by atoms with van der Waals surface area (Å²) in [5.74, 6) is 0.0881. The molecular formula is C16H14FN3O. The number of ether oxygens (including phenoxy) is 1. The lowest BCUT2D eigenvalue weighted by atomic mass is 10.1. The molecule has 0 aliphatic carbocycles. The van der Waals surface area contributed by atoms with E-state index in [9.17, 15) is 4.39 Å². The summed E-state index contributed by atoms with van der Waals surface area (Å²) < 4.78 is 18.4. The second-order valence-electron chi connectivity index (χ2n) is 4.59. The summed E-state index contributed by atoms with van der Waals surface area (Å²) in [4.78, 5) is 4.13. The predicted octanol–water partition coefficient (Wildman–Crippen LogP) is 3.71. The second-order valence-corrected chi connectivity index (χ2v) is 4.59. The van der Waals surface area contributed by atoms with Crippen molar-refractivity contribution in [3.63, 3.8) is 0 Å². The molecule has 0 unspecified atom stereocenters. The van der Waals surface area contributed by atoms with Gasteiger partial charge in [-0.2, -0.15) is 0 Å². The molecule has 1 aromatic heterocycles. The van der Waals surface area contributed by atoms with Crippen molar-refractivity contribution in [1.29, 1.82) is 0 Å². The zero-order valence-electron chi connectivity index (χ0n) is 11.4. The number of pyridine rings is 1. The van der Waals surface area contributed by atoms with Crippen molar-refractivity contribution >= 4 is 27.8 Å². The monoisotopic (exact) mass is 283 g/mol. The van der Waals surface area contributed by atoms with Gasteiger partial charge < -0.3 is 15.8 Å². The smallest absolute Gasteiger partial charge is 0.145 e. The average molecular weight is 283 g/mol. The highest BCUT2D eigenvalue weighted by Crippen LogP contribution is 2.33. The zero-order valence-corrected chi connectivity index (χ0v) is 11.4. The van der Waals surface area contributed by atoms with Gasteiger partial charge in [0.1, 0.15) is 11.6 Å². The van der Waals surface area contributed by atoms with E-state index in [1.807, 2.05) is 18.2 Å². The maximum absolute atomic E-state index is 13.2. The van der Waals surface area contributed by atoms with Crippen molar-refractivity contribution in [2.24, 2.45) is 0 Å². The Balaban J connectivity index is 2.09. The summed E-state index contributed by atoms with van der Waals surface area (Å²) in [5.41, 5.74) is 8.15. The summed E-state index contributed by atoms with van der Waals surface area (Å²) in [6.07, 6.45) is 3.44. The van der Waals surface area contributed by atoms with Crippen LogP contribution in [0.15, 0.2) is 48.8 Å². The molecule has 5 heteroatoms. The highest BCUT2D eigenvalue weighted by atomic mass is 19.1. The van der Waals surface area contributed by atoms with E-state index in [-0.39, 0.29) is 5.82 Å². The SMILES string of the molecule is COc1cc(F)ccc1Nc1ccc(N)c2ccncc12. The van der Waals surface area contributed by atoms with Gasteiger partial charge in [-0.1, -0.05) is 0 Å². The summed E-state index contributed by atoms with van der Waals surface area (Å²) in [5, 5.41) is 5.04. The fourth-order valence-electron chi connectivity index (χ4n) is 2.24. The lowest BCUT2D eigenvalue weighted by molar-refractivity contribution is 0.413. The standard InChI is InChI=1S/C16H14FN3O/c1-21-16-8-10(17)2-4-15(16)20-14-5-3-13(18)11-6-7-19-9-12(11)14/h2-9,20H,18H2,1H3. The quantitative estimate of drug-likeness (QED) is 0.719. The third-order valence-corrected chi connectivity index (χ3v) is 3.28. The van der Waals surface area contributed by atoms with E-state index in [1.54, 1.807) is 18.5 Å². The molecule has 0 aliphatic heterocycles. The van der Waals surface area contributed by atoms with Crippen molar-refractivity contribution < 1.29 is 9.13 Å². The van der Waals surface area contributed by atoms with E-state index in [0.717, 1.165) is 16.5 Å². The number of anilines is 3. The van der Waals surface area contributed by atoms with Crippen LogP contribution in [0.4, 0.5) is 21.5 Å². The highest BCUT2D eigenvalue weighted by molar-refractivity contribution is 6.01. The van der Waals surface area contributed by atoms with Crippen LogP contribution in [0.3, 0.4) is 0 Å². The fourth-order valence-corrected chi connectivity index (χ4v) is 2.24. The molecule has 3 aromatic rings. The molecule has 0 saturated carbocycles. The van der Waals surface area contributed by atoms with Crippen molar-refractivity contribution in [2.45, 2.75) is 0 Å². The lowest BCUT2D eigenvalue weighted by Crippen LogP contribution is -1.97. The van der Waals surface area contributed by atoms with Gasteiger partial charge in [0.05, 0.1) is 12.8 Å². The van der Waals surface area contributed by atoms with Gasteiger partial charge in [0.15, 0.2) is 0 Å². The number of hydrogen-bond donors (Lipinski definition) is 2. The first-order chi connectivity index (χ1) is 10.2. The number of nitrogens with zero attached hydrogens (tertiary/aromatic N) is 1. The number of halogens is 1. The molecule has 0 spiro atoms. The van der Waals surface area contributed by atoms with Crippen LogP contribution < -0.4 is 15.8 Å². The summed E-state index contributed by atoms with van der Waals surface area (Å²) in [7, 11) is 1.50. The van der Waals surface area contributed by atoms with Crippen molar-refractivity contribution in [2.75, 3.05) is 18.2 Å². The van der Waals surface area contributed by atoms with Gasteiger partial charge >= 0.3 is 0 Å². The Kier molecular flexibility index (Phi) is 3.31. The number of nitrogens with two attached hydrogens (primary N) is 1. The largest absolute Gasteiger partial charge is 0.494 e. The first kappa shape index (κ1) is 13.2. The van der Waals surface area contributed by atoms with Gasteiger partial charge in [0.2, 0.25) is 0 Å². The number of fused-ring (bicyclic) bond motifs is 1. The van der Waals surface area contributed by atoms with E-state index < -0.39 is 0 Å². The van der Waals surface area contributed by atoms with Gasteiger partial charge in [0, 0.05) is 40.6 Å². The first-order valence-electron chi connectivity index (χ1n) is 6.42. The second kappa shape index (κ2) is 5.28. The minimum absolute atomic E-state index is 0.346. The Morgan fingerprint density at radius 2 is 1.90 bits per heavy atom. The van der Waals surface area contributed by atoms with Crippen LogP contribution >= 0.6 is 0 Å². The number of hydrogen-bond acceptors (Lipinski definition) is 4. The van der Waals surface area contributed by atoms with Crippen LogP contribution in [0.2, 0.25) is 0 Å². The Morgan fingerprint density at radius 1 is 1.10 bits per heavy atom. The molecule has 0 amide bonds. The van der Waals surface area contributed by atoms with Crippen molar-refractivity contribution in [3.05, 3.63) is 54.6 Å². The third kappa shape index (κ3) is 2.45. The predicted molar refractivity (Wildman–Crippen MR) is 82.4 cm³/mol. The Hall–Kier alpha value is -2.82. The third-order valence-electron chi connectivity index (χ3n) is 3.28. The number of nitrogen functional groups attached to an aromatic ring is 1. The molecule has 4 nitrogen and oxygen atoms in total. The minimum atomic E-state index is -0.346. The molecule has 0 saturated heterocycles. The summed E-state index contributed by atoms with van der Waals surface area (Å²) in [6, 6.07) is 9.88. The molecule has 0 aliphatic rings. The molecule has 0 atom stereocenters. The van der Waals surface area contributed by atoms with Crippen LogP contribution in [0.1, 0.15) is 0 Å². The van der Waals surface area contributed by atoms with E-state index in [1.165, 1.54) is 19.2 Å². The molecule has 106 valence electrons. The fraction of sp³-hybridized carbons (Fsp3) is 0.0625. The number of aromatic nitrogens is 1. The van der Waals surface area contributed by atoms with E-state index >= 15 is 0 Å². The molecule has 0 bridgehead atoms. The number of benzene rings is 2. The normalized spacial score (nSPS) is 10.6. The van der Waals surface area contributed by atoms with Gasteiger partial charge in [-0.05, 0) is 30.3 Å². The molecule has 1 heterocycles. The molecule has 3 rings (SSSR count). The molecule has 0 fully saturated rings. The molecular weight excluding hydrogens is 269 g/mol. The van der Waals surface area contributed by atoms with Gasteiger partial charge in [-0.3, -0.25) is 4.98 Å². The van der Waals surface area contributed by atoms with Crippen molar-refractivity contribution in [3.8, 4) is 5.75 Å². The van der Waals surface area contributed by atoms with Crippen molar-refractivity contribution in [1.82, 2.24) is 4.98 Å². The lowest BCUT2D eigenvalue weighted by Gasteiger charge is -2.14. The molecule has 3 N–H and O–H groups in total. The molecule has 0 radical (unpaired) electrons. The average Bonchev–Trinajstić information content (AvgIpc) is 2.52. The van der Waals surface area contributed by atoms with Gasteiger partial charge in [-0.25, -0.2) is 4.39 Å². The maximum Gasteiger partial charge on any atom is 0.145 e. The van der Waals surface area contributed by atoms with Crippen LogP contribution in [0.5, 0.6) is 5.75 Å². The van der Waals surface area contributed by atoms with Gasteiger partial charge in [-0.15, -0.1) is 0 Å². The van der Waals surface area contributed by atoms with Crippen LogP contribution in [-0.2, 0) is 0 Å². The molecule has 21 heavy (non-hydrogen) atoms. The molecule has 2 aromatic carbocycles. The van der Waals surface area contributed by atoms with E-state index in [4.69, 9.17) is 10.5 Å². The Bertz CT molecular complexity index is 805. The highest BCUT2D eigenvalue weighted by Gasteiger charge is 2.08. The topological polar surface area (TPSA) is 60.2 Å². The minimum Gasteiger partial charge on any atom is -0.494 e. The van der Waals surface area contributed by atoms with E-state index in [2.05, 4.69) is 10.3 Å². The van der Waals surface area contributed by atoms with Crippen LogP contribution in [-0.4, -0.2) is 12.1 Å². The Labute approximate surface area is 121 Å². The number of methoxy groups -OCH3 is 1. The summed E-state index contributed by atoms with van der Waals surface area (Å²) >= 11 is 0. The summed E-state index contributed by atoms with van der Waals surface area (Å²) in [6.45, 7) is 0. The van der Waals surface area contributed by atoms with Gasteiger partial charge in [0.25, 0.3) is 0 Å². The van der Waals surface area contributed by atoms with Crippen LogP contribution in [0, 0.1) is 5.82 Å². The van der Waals surface area contributed by atoms with E-state index in [0.29, 0.717) is 17.1 Å². The first-order valence-corrected chi connectivity index (χ1v) is 6.42. The van der Waals surface area contributed by atoms with Crippen LogP contribution in [0.25, 0.3) is 10.8 Å². The Morgan fingerprint density at radius 3 is 2.71 bits per heavy atom. The number of nitrogens with one attached hydrogen (secondary N) is 1. The maximum atomic E-state index is 13.2.